The number of hydrogen-bond acceptors (Lipinski definition) is 1. The summed E-state index contributed by atoms with van der Waals surface area (Å²) in [7, 11) is 0. The number of nitrogens with zero attached hydrogens (tertiary/aromatic N) is 1. The summed E-state index contributed by atoms with van der Waals surface area (Å²) in [5.74, 6) is 0. The van der Waals surface area contributed by atoms with Gasteiger partial charge in [-0.05, 0) is 65.1 Å². The molecule has 0 aliphatic heterocycles. The van der Waals surface area contributed by atoms with E-state index in [1.165, 1.54) is 5.69 Å². The van der Waals surface area contributed by atoms with E-state index in [2.05, 4.69) is 47.1 Å². The summed E-state index contributed by atoms with van der Waals surface area (Å²) in [5, 5.41) is 11.1. The fourth-order valence-corrected chi connectivity index (χ4v) is 3.98. The molecule has 1 heterocycles. The van der Waals surface area contributed by atoms with Crippen molar-refractivity contribution in [1.29, 1.82) is 0 Å². The highest BCUT2D eigenvalue weighted by molar-refractivity contribution is 14.1. The smallest absolute Gasteiger partial charge is 0.0812 e. The molecule has 3 rings (SSSR count). The average molecular weight is 402 g/mol. The van der Waals surface area contributed by atoms with Crippen molar-refractivity contribution >= 4 is 34.2 Å². The molecule has 1 atom stereocenters. The van der Waals surface area contributed by atoms with E-state index in [0.717, 1.165) is 32.7 Å². The Morgan fingerprint density at radius 3 is 2.80 bits per heavy atom. The van der Waals surface area contributed by atoms with E-state index in [0.29, 0.717) is 0 Å². The maximum atomic E-state index is 10.3. The molecule has 4 heteroatoms. The number of aliphatic hydroxyl groups excluding tert-OH is 1. The fourth-order valence-electron chi connectivity index (χ4n) is 3.03. The van der Waals surface area contributed by atoms with Crippen LogP contribution in [0.3, 0.4) is 0 Å². The molecule has 2 aromatic rings. The van der Waals surface area contributed by atoms with Crippen LogP contribution in [-0.4, -0.2) is 9.67 Å². The molecule has 0 saturated heterocycles. The van der Waals surface area contributed by atoms with Crippen molar-refractivity contribution in [1.82, 2.24) is 4.57 Å². The Balaban J connectivity index is 2.13. The minimum absolute atomic E-state index is 0.109. The third kappa shape index (κ3) is 2.51. The average Bonchev–Trinajstić information content (AvgIpc) is 2.71. The number of rotatable bonds is 1. The van der Waals surface area contributed by atoms with Gasteiger partial charge in [0.2, 0.25) is 0 Å². The summed E-state index contributed by atoms with van der Waals surface area (Å²) in [5.41, 5.74) is 3.31. The second-order valence-corrected chi connectivity index (χ2v) is 7.90. The molecule has 1 aliphatic rings. The van der Waals surface area contributed by atoms with Crippen molar-refractivity contribution in [3.05, 3.63) is 50.3 Å². The van der Waals surface area contributed by atoms with Crippen molar-refractivity contribution in [2.75, 3.05) is 0 Å². The first-order valence-corrected chi connectivity index (χ1v) is 8.17. The Hall–Kier alpha value is -0.520. The van der Waals surface area contributed by atoms with Crippen molar-refractivity contribution in [2.45, 2.75) is 32.8 Å². The van der Waals surface area contributed by atoms with Crippen LogP contribution in [0.1, 0.15) is 37.6 Å². The normalized spacial score (nSPS) is 20.8. The van der Waals surface area contributed by atoms with E-state index < -0.39 is 0 Å². The quantitative estimate of drug-likeness (QED) is 0.686. The monoisotopic (exact) mass is 401 g/mol. The fraction of sp³-hybridized carbons (Fsp3) is 0.375. The van der Waals surface area contributed by atoms with Gasteiger partial charge < -0.3 is 9.67 Å². The summed E-state index contributed by atoms with van der Waals surface area (Å²) < 4.78 is 3.25. The Labute approximate surface area is 137 Å². The highest BCUT2D eigenvalue weighted by Crippen LogP contribution is 2.42. The lowest BCUT2D eigenvalue weighted by atomic mass is 9.75. The van der Waals surface area contributed by atoms with Gasteiger partial charge in [0.15, 0.2) is 0 Å². The number of benzene rings is 1. The van der Waals surface area contributed by atoms with Crippen molar-refractivity contribution in [3.8, 4) is 5.69 Å². The van der Waals surface area contributed by atoms with Gasteiger partial charge in [-0.25, -0.2) is 0 Å². The van der Waals surface area contributed by atoms with Gasteiger partial charge in [-0.1, -0.05) is 25.4 Å². The summed E-state index contributed by atoms with van der Waals surface area (Å²) in [6.07, 6.45) is 3.40. The first kappa shape index (κ1) is 14.4. The first-order valence-electron chi connectivity index (χ1n) is 6.71. The molecular weight excluding hydrogens is 385 g/mol. The van der Waals surface area contributed by atoms with Crippen molar-refractivity contribution in [3.63, 3.8) is 0 Å². The molecule has 0 radical (unpaired) electrons. The molecule has 1 aromatic carbocycles. The van der Waals surface area contributed by atoms with Crippen LogP contribution in [0.25, 0.3) is 5.69 Å². The minimum atomic E-state index is -0.377. The molecule has 1 unspecified atom stereocenters. The van der Waals surface area contributed by atoms with E-state index in [4.69, 9.17) is 11.6 Å². The highest BCUT2D eigenvalue weighted by atomic mass is 127. The van der Waals surface area contributed by atoms with Crippen LogP contribution in [0.5, 0.6) is 0 Å². The topological polar surface area (TPSA) is 25.2 Å². The molecule has 0 spiro atoms. The van der Waals surface area contributed by atoms with Crippen LogP contribution in [0.4, 0.5) is 0 Å². The molecule has 1 N–H and O–H groups in total. The van der Waals surface area contributed by atoms with E-state index in [9.17, 15) is 5.11 Å². The molecule has 0 bridgehead atoms. The van der Waals surface area contributed by atoms with Gasteiger partial charge in [-0.15, -0.1) is 0 Å². The number of halogens is 2. The second kappa shape index (κ2) is 5.04. The number of hydrogen-bond donors (Lipinski definition) is 1. The third-order valence-corrected chi connectivity index (χ3v) is 4.92. The number of aromatic nitrogens is 1. The lowest BCUT2D eigenvalue weighted by Gasteiger charge is -2.34. The lowest BCUT2D eigenvalue weighted by Crippen LogP contribution is -2.26. The van der Waals surface area contributed by atoms with E-state index >= 15 is 0 Å². The van der Waals surface area contributed by atoms with Gasteiger partial charge in [0, 0.05) is 21.0 Å². The summed E-state index contributed by atoms with van der Waals surface area (Å²) in [6, 6.07) is 8.08. The maximum Gasteiger partial charge on any atom is 0.0812 e. The van der Waals surface area contributed by atoms with Gasteiger partial charge in [0.25, 0.3) is 0 Å². The number of aliphatic hydroxyl groups is 1. The van der Waals surface area contributed by atoms with Crippen LogP contribution in [-0.2, 0) is 6.42 Å². The third-order valence-electron chi connectivity index (χ3n) is 3.95. The van der Waals surface area contributed by atoms with Crippen LogP contribution in [0.15, 0.2) is 30.5 Å². The summed E-state index contributed by atoms with van der Waals surface area (Å²) >= 11 is 8.64. The van der Waals surface area contributed by atoms with E-state index in [-0.39, 0.29) is 11.5 Å². The first-order chi connectivity index (χ1) is 9.37. The summed E-state index contributed by atoms with van der Waals surface area (Å²) in [4.78, 5) is 0. The zero-order chi connectivity index (χ0) is 14.5. The second-order valence-electron chi connectivity index (χ2n) is 6.24. The number of fused-ring (bicyclic) bond motifs is 1. The van der Waals surface area contributed by atoms with Crippen LogP contribution in [0, 0.1) is 8.99 Å². The van der Waals surface area contributed by atoms with E-state index in [1.807, 2.05) is 24.4 Å². The van der Waals surface area contributed by atoms with Gasteiger partial charge in [0.1, 0.15) is 0 Å². The molecule has 1 aliphatic carbocycles. The molecule has 106 valence electrons. The molecule has 0 fully saturated rings. The van der Waals surface area contributed by atoms with Crippen LogP contribution < -0.4 is 0 Å². The van der Waals surface area contributed by atoms with Crippen LogP contribution >= 0.6 is 34.2 Å². The van der Waals surface area contributed by atoms with Crippen molar-refractivity contribution in [2.24, 2.45) is 5.41 Å². The SMILES string of the molecule is CC1(C)Cc2c(ccn2-c2ccc(I)cc2Cl)C(O)C1. The largest absolute Gasteiger partial charge is 0.388 e. The van der Waals surface area contributed by atoms with Crippen molar-refractivity contribution < 1.29 is 5.11 Å². The molecule has 1 aromatic heterocycles. The highest BCUT2D eigenvalue weighted by Gasteiger charge is 2.33. The molecular formula is C16H17ClINO. The van der Waals surface area contributed by atoms with Gasteiger partial charge >= 0.3 is 0 Å². The summed E-state index contributed by atoms with van der Waals surface area (Å²) in [6.45, 7) is 4.40. The zero-order valence-electron chi connectivity index (χ0n) is 11.5. The maximum absolute atomic E-state index is 10.3. The molecule has 0 saturated carbocycles. The van der Waals surface area contributed by atoms with Crippen LogP contribution in [0.2, 0.25) is 5.02 Å². The zero-order valence-corrected chi connectivity index (χ0v) is 14.4. The van der Waals surface area contributed by atoms with Gasteiger partial charge in [-0.2, -0.15) is 0 Å². The minimum Gasteiger partial charge on any atom is -0.388 e. The van der Waals surface area contributed by atoms with Gasteiger partial charge in [-0.3, -0.25) is 0 Å². The van der Waals surface area contributed by atoms with E-state index in [1.54, 1.807) is 0 Å². The standard InChI is InChI=1S/C16H17ClINO/c1-16(2)8-14-11(15(20)9-16)5-6-19(14)13-4-3-10(18)7-12(13)17/h3-7,15,20H,8-9H2,1-2H3. The predicted molar refractivity (Wildman–Crippen MR) is 90.6 cm³/mol. The molecule has 2 nitrogen and oxygen atoms in total. The molecule has 20 heavy (non-hydrogen) atoms. The Morgan fingerprint density at radius 1 is 1.35 bits per heavy atom. The Bertz CT molecular complexity index is 662. The lowest BCUT2D eigenvalue weighted by molar-refractivity contribution is 0.0987. The Kier molecular flexibility index (Phi) is 3.63. The van der Waals surface area contributed by atoms with Gasteiger partial charge in [0.05, 0.1) is 16.8 Å². The molecule has 0 amide bonds. The predicted octanol–water partition coefficient (Wildman–Crippen LogP) is 4.74. The Morgan fingerprint density at radius 2 is 2.10 bits per heavy atom.